The second-order valence-electron chi connectivity index (χ2n) is 11.3. The van der Waals surface area contributed by atoms with E-state index in [0.29, 0.717) is 0 Å². The van der Waals surface area contributed by atoms with Crippen LogP contribution in [0.4, 0.5) is 0 Å². The van der Waals surface area contributed by atoms with Gasteiger partial charge in [-0.05, 0) is 85.4 Å². The summed E-state index contributed by atoms with van der Waals surface area (Å²) in [5, 5.41) is 0. The van der Waals surface area contributed by atoms with Crippen molar-refractivity contribution in [1.82, 2.24) is 0 Å². The van der Waals surface area contributed by atoms with Gasteiger partial charge >= 0.3 is 0 Å². The average Bonchev–Trinajstić information content (AvgIpc) is 2.76. The van der Waals surface area contributed by atoms with Crippen LogP contribution in [0, 0.1) is 53.3 Å². The Hall–Kier alpha value is -0.780. The normalized spacial score (nSPS) is 21.4. The molecule has 0 rings (SSSR count). The molecule has 0 aliphatic carbocycles. The van der Waals surface area contributed by atoms with E-state index in [0.717, 1.165) is 59.7 Å². The SMILES string of the molecule is C=CCC(C)C(C)C(C)C/C=C/CC(C)C(C)C(C)C/C=C/CC(C)C(C)C(C)CC. The molecule has 0 heterocycles. The fourth-order valence-electron chi connectivity index (χ4n) is 4.63. The summed E-state index contributed by atoms with van der Waals surface area (Å²) in [6, 6.07) is 0. The fourth-order valence-corrected chi connectivity index (χ4v) is 4.63. The monoisotopic (exact) mass is 430 g/mol. The molecule has 0 spiro atoms. The zero-order chi connectivity index (χ0) is 24.0. The van der Waals surface area contributed by atoms with Crippen LogP contribution in [-0.2, 0) is 0 Å². The van der Waals surface area contributed by atoms with Gasteiger partial charge in [-0.3, -0.25) is 0 Å². The van der Waals surface area contributed by atoms with Crippen LogP contribution in [0.3, 0.4) is 0 Å². The third-order valence-corrected chi connectivity index (χ3v) is 8.93. The first-order chi connectivity index (χ1) is 14.6. The van der Waals surface area contributed by atoms with E-state index in [1.165, 1.54) is 32.1 Å². The summed E-state index contributed by atoms with van der Waals surface area (Å²) in [7, 11) is 0. The van der Waals surface area contributed by atoms with E-state index in [1.54, 1.807) is 0 Å². The van der Waals surface area contributed by atoms with Gasteiger partial charge in [0.05, 0.1) is 0 Å². The number of allylic oxidation sites excluding steroid dienone is 5. The first-order valence-electron chi connectivity index (χ1n) is 13.5. The first-order valence-corrected chi connectivity index (χ1v) is 13.5. The summed E-state index contributed by atoms with van der Waals surface area (Å²) in [4.78, 5) is 0. The zero-order valence-electron chi connectivity index (χ0n) is 23.0. The lowest BCUT2D eigenvalue weighted by Gasteiger charge is -2.26. The summed E-state index contributed by atoms with van der Waals surface area (Å²) in [6.07, 6.45) is 19.1. The molecule has 0 radical (unpaired) electrons. The largest absolute Gasteiger partial charge is 0.103 e. The Morgan fingerprint density at radius 1 is 0.452 bits per heavy atom. The van der Waals surface area contributed by atoms with E-state index in [4.69, 9.17) is 0 Å². The van der Waals surface area contributed by atoms with E-state index in [1.807, 2.05) is 0 Å². The molecule has 0 aromatic heterocycles. The van der Waals surface area contributed by atoms with E-state index in [2.05, 4.69) is 106 Å². The molecule has 0 aromatic rings. The second kappa shape index (κ2) is 16.8. The number of rotatable bonds is 17. The van der Waals surface area contributed by atoms with Gasteiger partial charge in [-0.1, -0.05) is 106 Å². The molecule has 0 aromatic carbocycles. The van der Waals surface area contributed by atoms with Crippen LogP contribution in [0.25, 0.3) is 0 Å². The molecule has 182 valence electrons. The molecule has 9 unspecified atom stereocenters. The standard InChI is InChI=1S/C31H58/c1-12-18-24(4)30(10)26(6)20-16-17-22-28(8)31(11)27(7)21-15-14-19-25(5)29(9)23(3)13-2/h12,14-17,23-31H,1,13,18-22H2,2-11H3/b15-14+,17-16+. The maximum Gasteiger partial charge on any atom is -0.0322 e. The quantitative estimate of drug-likeness (QED) is 0.201. The van der Waals surface area contributed by atoms with Crippen LogP contribution in [-0.4, -0.2) is 0 Å². The van der Waals surface area contributed by atoms with Crippen molar-refractivity contribution < 1.29 is 0 Å². The molecule has 0 nitrogen and oxygen atoms in total. The van der Waals surface area contributed by atoms with Gasteiger partial charge in [-0.2, -0.15) is 0 Å². The topological polar surface area (TPSA) is 0 Å². The van der Waals surface area contributed by atoms with Crippen molar-refractivity contribution in [3.8, 4) is 0 Å². The van der Waals surface area contributed by atoms with Gasteiger partial charge in [-0.15, -0.1) is 6.58 Å². The summed E-state index contributed by atoms with van der Waals surface area (Å²) >= 11 is 0. The zero-order valence-corrected chi connectivity index (χ0v) is 23.0. The maximum atomic E-state index is 3.90. The van der Waals surface area contributed by atoms with E-state index >= 15 is 0 Å². The molecule has 0 bridgehead atoms. The summed E-state index contributed by atoms with van der Waals surface area (Å²) < 4.78 is 0. The molecular formula is C31H58. The lowest BCUT2D eigenvalue weighted by molar-refractivity contribution is 0.272. The molecule has 0 aliphatic heterocycles. The molecule has 0 saturated carbocycles. The minimum atomic E-state index is 0.731. The molecule has 0 fully saturated rings. The second-order valence-corrected chi connectivity index (χ2v) is 11.3. The highest BCUT2D eigenvalue weighted by atomic mass is 14.2. The minimum absolute atomic E-state index is 0.731. The van der Waals surface area contributed by atoms with Crippen molar-refractivity contribution in [3.05, 3.63) is 37.0 Å². The Labute approximate surface area is 198 Å². The third-order valence-electron chi connectivity index (χ3n) is 8.93. The van der Waals surface area contributed by atoms with E-state index < -0.39 is 0 Å². The highest BCUT2D eigenvalue weighted by molar-refractivity contribution is 4.90. The number of hydrogen-bond acceptors (Lipinski definition) is 0. The van der Waals surface area contributed by atoms with Crippen LogP contribution < -0.4 is 0 Å². The van der Waals surface area contributed by atoms with Crippen LogP contribution in [0.5, 0.6) is 0 Å². The average molecular weight is 431 g/mol. The van der Waals surface area contributed by atoms with E-state index in [-0.39, 0.29) is 0 Å². The fraction of sp³-hybridized carbons (Fsp3) is 0.806. The van der Waals surface area contributed by atoms with Gasteiger partial charge in [0.25, 0.3) is 0 Å². The molecule has 0 N–H and O–H groups in total. The van der Waals surface area contributed by atoms with Gasteiger partial charge in [0, 0.05) is 0 Å². The van der Waals surface area contributed by atoms with Crippen LogP contribution in [0.15, 0.2) is 37.0 Å². The van der Waals surface area contributed by atoms with Crippen molar-refractivity contribution in [2.45, 2.75) is 108 Å². The Bertz CT molecular complexity index is 498. The van der Waals surface area contributed by atoms with Crippen LogP contribution in [0.1, 0.15) is 108 Å². The Morgan fingerprint density at radius 2 is 0.710 bits per heavy atom. The molecule has 0 amide bonds. The molecular weight excluding hydrogens is 372 g/mol. The smallest absolute Gasteiger partial charge is 0.0322 e. The van der Waals surface area contributed by atoms with Crippen LogP contribution in [0.2, 0.25) is 0 Å². The predicted molar refractivity (Wildman–Crippen MR) is 144 cm³/mol. The minimum Gasteiger partial charge on any atom is -0.103 e. The van der Waals surface area contributed by atoms with Crippen molar-refractivity contribution in [1.29, 1.82) is 0 Å². The third kappa shape index (κ3) is 12.1. The van der Waals surface area contributed by atoms with Gasteiger partial charge in [0.2, 0.25) is 0 Å². The summed E-state index contributed by atoms with van der Waals surface area (Å²) in [5.74, 6) is 6.91. The van der Waals surface area contributed by atoms with Crippen molar-refractivity contribution in [2.75, 3.05) is 0 Å². The molecule has 0 saturated heterocycles. The van der Waals surface area contributed by atoms with Gasteiger partial charge < -0.3 is 0 Å². The van der Waals surface area contributed by atoms with Gasteiger partial charge in [0.15, 0.2) is 0 Å². The van der Waals surface area contributed by atoms with Gasteiger partial charge in [0.1, 0.15) is 0 Å². The Balaban J connectivity index is 4.32. The Morgan fingerprint density at radius 3 is 0.968 bits per heavy atom. The summed E-state index contributed by atoms with van der Waals surface area (Å²) in [5.41, 5.74) is 0. The molecule has 9 atom stereocenters. The predicted octanol–water partition coefficient (Wildman–Crippen LogP) is 10.4. The van der Waals surface area contributed by atoms with Crippen LogP contribution >= 0.6 is 0 Å². The maximum absolute atomic E-state index is 3.90. The van der Waals surface area contributed by atoms with Crippen molar-refractivity contribution in [2.24, 2.45) is 53.3 Å². The lowest BCUT2D eigenvalue weighted by Crippen LogP contribution is -2.16. The first kappa shape index (κ1) is 30.2. The molecule has 0 heteroatoms. The van der Waals surface area contributed by atoms with Gasteiger partial charge in [-0.25, -0.2) is 0 Å². The van der Waals surface area contributed by atoms with Crippen molar-refractivity contribution in [3.63, 3.8) is 0 Å². The number of hydrogen-bond donors (Lipinski definition) is 0. The summed E-state index contributed by atoms with van der Waals surface area (Å²) in [6.45, 7) is 27.9. The Kier molecular flexibility index (Phi) is 16.4. The highest BCUT2D eigenvalue weighted by Gasteiger charge is 2.19. The van der Waals surface area contributed by atoms with Crippen molar-refractivity contribution >= 4 is 0 Å². The van der Waals surface area contributed by atoms with E-state index in [9.17, 15) is 0 Å². The molecule has 31 heavy (non-hydrogen) atoms. The highest BCUT2D eigenvalue weighted by Crippen LogP contribution is 2.29. The lowest BCUT2D eigenvalue weighted by atomic mass is 9.80. The molecule has 0 aliphatic rings.